The molecule has 0 aliphatic rings. The molecular weight excluding hydrogens is 224 g/mol. The predicted octanol–water partition coefficient (Wildman–Crippen LogP) is 2.52. The minimum absolute atomic E-state index is 0.0726. The number of benzene rings is 1. The third-order valence-corrected chi connectivity index (χ3v) is 2.33. The Morgan fingerprint density at radius 3 is 2.60 bits per heavy atom. The lowest BCUT2D eigenvalue weighted by molar-refractivity contribution is 0.370. The summed E-state index contributed by atoms with van der Waals surface area (Å²) in [4.78, 5) is 0. The molecule has 0 heterocycles. The van der Waals surface area contributed by atoms with Crippen molar-refractivity contribution in [1.82, 2.24) is 0 Å². The van der Waals surface area contributed by atoms with E-state index in [0.29, 0.717) is 19.4 Å². The van der Waals surface area contributed by atoms with E-state index < -0.39 is 11.6 Å². The average molecular weight is 236 g/mol. The molecular formula is C10H12ClF2NO. The average Bonchev–Trinajstić information content (AvgIpc) is 2.22. The number of aryl methyl sites for hydroxylation is 1. The quantitative estimate of drug-likeness (QED) is 0.814. The molecule has 0 fully saturated rings. The van der Waals surface area contributed by atoms with Crippen LogP contribution in [0.2, 0.25) is 5.02 Å². The molecule has 0 bridgehead atoms. The van der Waals surface area contributed by atoms with Crippen molar-refractivity contribution in [1.29, 1.82) is 0 Å². The molecule has 0 aliphatic heterocycles. The predicted molar refractivity (Wildman–Crippen MR) is 55.3 cm³/mol. The Balaban J connectivity index is 3.10. The van der Waals surface area contributed by atoms with Gasteiger partial charge in [0.1, 0.15) is 0 Å². The van der Waals surface area contributed by atoms with Crippen LogP contribution in [0.5, 0.6) is 5.75 Å². The molecule has 0 unspecified atom stereocenters. The third-order valence-electron chi connectivity index (χ3n) is 2.05. The van der Waals surface area contributed by atoms with Gasteiger partial charge in [0.25, 0.3) is 0 Å². The molecule has 2 nitrogen and oxygen atoms in total. The first kappa shape index (κ1) is 12.2. The van der Waals surface area contributed by atoms with Crippen molar-refractivity contribution in [2.45, 2.75) is 12.8 Å². The molecule has 1 rings (SSSR count). The number of methoxy groups -OCH3 is 1. The van der Waals surface area contributed by atoms with Crippen LogP contribution in [0.25, 0.3) is 0 Å². The Hall–Kier alpha value is -0.870. The second-order valence-electron chi connectivity index (χ2n) is 3.07. The van der Waals surface area contributed by atoms with E-state index in [4.69, 9.17) is 17.3 Å². The molecule has 0 atom stereocenters. The topological polar surface area (TPSA) is 35.2 Å². The molecule has 0 aromatic heterocycles. The monoisotopic (exact) mass is 235 g/mol. The van der Waals surface area contributed by atoms with Crippen LogP contribution in [-0.4, -0.2) is 13.7 Å². The van der Waals surface area contributed by atoms with Crippen LogP contribution in [0.3, 0.4) is 0 Å². The van der Waals surface area contributed by atoms with Crippen LogP contribution < -0.4 is 10.5 Å². The summed E-state index contributed by atoms with van der Waals surface area (Å²) >= 11 is 5.72. The van der Waals surface area contributed by atoms with E-state index in [0.717, 1.165) is 0 Å². The van der Waals surface area contributed by atoms with Gasteiger partial charge in [0.2, 0.25) is 5.82 Å². The van der Waals surface area contributed by atoms with Crippen molar-refractivity contribution in [3.8, 4) is 5.75 Å². The van der Waals surface area contributed by atoms with Gasteiger partial charge in [-0.25, -0.2) is 4.39 Å². The van der Waals surface area contributed by atoms with Gasteiger partial charge >= 0.3 is 0 Å². The summed E-state index contributed by atoms with van der Waals surface area (Å²) in [5.41, 5.74) is 5.51. The highest BCUT2D eigenvalue weighted by molar-refractivity contribution is 6.32. The summed E-state index contributed by atoms with van der Waals surface area (Å²) in [5.74, 6) is -2.22. The van der Waals surface area contributed by atoms with Crippen molar-refractivity contribution in [2.24, 2.45) is 5.73 Å². The van der Waals surface area contributed by atoms with Crippen molar-refractivity contribution in [2.75, 3.05) is 13.7 Å². The van der Waals surface area contributed by atoms with Crippen LogP contribution >= 0.6 is 11.6 Å². The normalized spacial score (nSPS) is 10.5. The molecule has 0 saturated heterocycles. The lowest BCUT2D eigenvalue weighted by atomic mass is 10.1. The highest BCUT2D eigenvalue weighted by Crippen LogP contribution is 2.31. The fraction of sp³-hybridized carbons (Fsp3) is 0.400. The van der Waals surface area contributed by atoms with E-state index >= 15 is 0 Å². The van der Waals surface area contributed by atoms with Gasteiger partial charge in [-0.05, 0) is 31.0 Å². The Bertz CT molecular complexity index is 358. The van der Waals surface area contributed by atoms with Crippen LogP contribution in [0.15, 0.2) is 6.07 Å². The van der Waals surface area contributed by atoms with Gasteiger partial charge in [0.05, 0.1) is 12.1 Å². The van der Waals surface area contributed by atoms with Crippen LogP contribution in [0.4, 0.5) is 8.78 Å². The molecule has 0 spiro atoms. The van der Waals surface area contributed by atoms with Crippen molar-refractivity contribution < 1.29 is 13.5 Å². The number of halogens is 3. The van der Waals surface area contributed by atoms with Gasteiger partial charge in [0, 0.05) is 0 Å². The van der Waals surface area contributed by atoms with Crippen LogP contribution in [0, 0.1) is 11.6 Å². The van der Waals surface area contributed by atoms with Gasteiger partial charge in [-0.1, -0.05) is 11.6 Å². The van der Waals surface area contributed by atoms with Gasteiger partial charge < -0.3 is 10.5 Å². The zero-order valence-corrected chi connectivity index (χ0v) is 9.07. The van der Waals surface area contributed by atoms with E-state index in [9.17, 15) is 8.78 Å². The summed E-state index contributed by atoms with van der Waals surface area (Å²) in [6, 6.07) is 1.37. The first-order valence-corrected chi connectivity index (χ1v) is 4.90. The van der Waals surface area contributed by atoms with Gasteiger partial charge in [0.15, 0.2) is 11.6 Å². The fourth-order valence-electron chi connectivity index (χ4n) is 1.29. The zero-order chi connectivity index (χ0) is 11.4. The maximum absolute atomic E-state index is 13.4. The minimum atomic E-state index is -1.04. The number of rotatable bonds is 4. The van der Waals surface area contributed by atoms with Crippen LogP contribution in [0.1, 0.15) is 12.0 Å². The van der Waals surface area contributed by atoms with Gasteiger partial charge in [-0.15, -0.1) is 0 Å². The molecule has 0 aliphatic carbocycles. The molecule has 15 heavy (non-hydrogen) atoms. The number of nitrogens with two attached hydrogens (primary N) is 1. The highest BCUT2D eigenvalue weighted by Gasteiger charge is 2.17. The number of ether oxygens (including phenoxy) is 1. The number of hydrogen-bond donors (Lipinski definition) is 1. The minimum Gasteiger partial charge on any atom is -0.492 e. The maximum atomic E-state index is 13.4. The van der Waals surface area contributed by atoms with Crippen molar-refractivity contribution >= 4 is 11.6 Å². The Morgan fingerprint density at radius 2 is 2.07 bits per heavy atom. The van der Waals surface area contributed by atoms with E-state index in [-0.39, 0.29) is 16.3 Å². The van der Waals surface area contributed by atoms with Crippen molar-refractivity contribution in [3.05, 3.63) is 28.3 Å². The SMILES string of the molecule is COc1c(Cl)cc(CCCN)c(F)c1F. The molecule has 5 heteroatoms. The van der Waals surface area contributed by atoms with Crippen molar-refractivity contribution in [3.63, 3.8) is 0 Å². The van der Waals surface area contributed by atoms with E-state index in [1.807, 2.05) is 0 Å². The summed E-state index contributed by atoms with van der Waals surface area (Å²) in [6.45, 7) is 0.421. The maximum Gasteiger partial charge on any atom is 0.202 e. The highest BCUT2D eigenvalue weighted by atomic mass is 35.5. The lowest BCUT2D eigenvalue weighted by Crippen LogP contribution is -2.04. The lowest BCUT2D eigenvalue weighted by Gasteiger charge is -2.09. The Kier molecular flexibility index (Phi) is 4.29. The third kappa shape index (κ3) is 2.58. The summed E-state index contributed by atoms with van der Waals surface area (Å²) < 4.78 is 31.4. The summed E-state index contributed by atoms with van der Waals surface area (Å²) in [6.07, 6.45) is 0.946. The smallest absolute Gasteiger partial charge is 0.202 e. The molecule has 2 N–H and O–H groups in total. The number of hydrogen-bond acceptors (Lipinski definition) is 2. The molecule has 0 radical (unpaired) electrons. The molecule has 0 saturated carbocycles. The molecule has 1 aromatic carbocycles. The summed E-state index contributed by atoms with van der Waals surface area (Å²) in [5, 5.41) is 0.0726. The summed E-state index contributed by atoms with van der Waals surface area (Å²) in [7, 11) is 1.24. The largest absolute Gasteiger partial charge is 0.492 e. The zero-order valence-electron chi connectivity index (χ0n) is 8.32. The Morgan fingerprint density at radius 1 is 1.40 bits per heavy atom. The molecule has 84 valence electrons. The second kappa shape index (κ2) is 5.28. The first-order chi connectivity index (χ1) is 7.11. The molecule has 0 amide bonds. The molecule has 1 aromatic rings. The van der Waals surface area contributed by atoms with E-state index in [2.05, 4.69) is 4.74 Å². The van der Waals surface area contributed by atoms with Crippen LogP contribution in [-0.2, 0) is 6.42 Å². The fourth-order valence-corrected chi connectivity index (χ4v) is 1.58. The Labute approximate surface area is 92.0 Å². The van der Waals surface area contributed by atoms with Gasteiger partial charge in [-0.3, -0.25) is 0 Å². The standard InChI is InChI=1S/C10H12ClF2NO/c1-15-10-7(11)5-6(3-2-4-14)8(12)9(10)13/h5H,2-4,14H2,1H3. The van der Waals surface area contributed by atoms with E-state index in [1.54, 1.807) is 0 Å². The first-order valence-electron chi connectivity index (χ1n) is 4.52. The van der Waals surface area contributed by atoms with E-state index in [1.165, 1.54) is 13.2 Å². The second-order valence-corrected chi connectivity index (χ2v) is 3.48. The van der Waals surface area contributed by atoms with Gasteiger partial charge in [-0.2, -0.15) is 4.39 Å².